The van der Waals surface area contributed by atoms with Gasteiger partial charge in [-0.15, -0.1) is 0 Å². The highest BCUT2D eigenvalue weighted by Crippen LogP contribution is 2.30. The summed E-state index contributed by atoms with van der Waals surface area (Å²) in [5, 5.41) is 1.09. The van der Waals surface area contributed by atoms with Crippen molar-refractivity contribution in [1.29, 1.82) is 0 Å². The smallest absolute Gasteiger partial charge is 0.243 e. The minimum atomic E-state index is -3.87. The molecule has 0 radical (unpaired) electrons. The third kappa shape index (κ3) is 2.32. The number of rotatable bonds is 2. The molecule has 1 aliphatic rings. The first-order valence-corrected chi connectivity index (χ1v) is 8.94. The summed E-state index contributed by atoms with van der Waals surface area (Å²) in [6.07, 6.45) is 0.572. The number of halogens is 2. The molecule has 7 heteroatoms. The highest BCUT2D eigenvalue weighted by molar-refractivity contribution is 7.89. The summed E-state index contributed by atoms with van der Waals surface area (Å²) < 4.78 is 53.1. The minimum Gasteiger partial charge on any atom is -0.357 e. The first kappa shape index (κ1) is 15.3. The molecule has 124 valence electrons. The zero-order valence-corrected chi connectivity index (χ0v) is 13.4. The standard InChI is InChI=1S/C17H14F2N2O2S/c18-14-6-5-11(9-15(14)19)24(22,23)21-8-7-13-12-3-1-2-4-16(12)20-17(13)10-21/h1-6,9,20H,7-8,10H2. The monoisotopic (exact) mass is 348 g/mol. The molecule has 3 aromatic rings. The average Bonchev–Trinajstić information content (AvgIpc) is 2.95. The third-order valence-corrected chi connectivity index (χ3v) is 6.22. The summed E-state index contributed by atoms with van der Waals surface area (Å²) in [5.41, 5.74) is 2.92. The number of hydrogen-bond acceptors (Lipinski definition) is 2. The van der Waals surface area contributed by atoms with E-state index >= 15 is 0 Å². The number of benzene rings is 2. The number of para-hydroxylation sites is 1. The van der Waals surface area contributed by atoms with E-state index in [4.69, 9.17) is 0 Å². The molecule has 24 heavy (non-hydrogen) atoms. The molecule has 1 aromatic heterocycles. The van der Waals surface area contributed by atoms with Crippen molar-refractivity contribution in [2.45, 2.75) is 17.9 Å². The predicted molar refractivity (Wildman–Crippen MR) is 86.0 cm³/mol. The number of H-pyrrole nitrogens is 1. The van der Waals surface area contributed by atoms with Crippen LogP contribution in [0, 0.1) is 11.6 Å². The van der Waals surface area contributed by atoms with Gasteiger partial charge in [-0.2, -0.15) is 4.31 Å². The van der Waals surface area contributed by atoms with Gasteiger partial charge in [-0.05, 0) is 36.2 Å². The molecular weight excluding hydrogens is 334 g/mol. The van der Waals surface area contributed by atoms with Crippen LogP contribution in [0.3, 0.4) is 0 Å². The fourth-order valence-corrected chi connectivity index (χ4v) is 4.58. The Morgan fingerprint density at radius 3 is 2.62 bits per heavy atom. The summed E-state index contributed by atoms with van der Waals surface area (Å²) in [4.78, 5) is 3.01. The van der Waals surface area contributed by atoms with Crippen molar-refractivity contribution in [2.24, 2.45) is 0 Å². The summed E-state index contributed by atoms with van der Waals surface area (Å²) in [6.45, 7) is 0.488. The van der Waals surface area contributed by atoms with Gasteiger partial charge in [-0.3, -0.25) is 0 Å². The zero-order chi connectivity index (χ0) is 16.9. The van der Waals surface area contributed by atoms with E-state index in [-0.39, 0.29) is 11.4 Å². The highest BCUT2D eigenvalue weighted by atomic mass is 32.2. The Hall–Kier alpha value is -2.25. The molecule has 0 spiro atoms. The molecule has 2 heterocycles. The van der Waals surface area contributed by atoms with Crippen LogP contribution >= 0.6 is 0 Å². The van der Waals surface area contributed by atoms with E-state index in [0.717, 1.165) is 40.4 Å². The van der Waals surface area contributed by atoms with Gasteiger partial charge in [0.1, 0.15) is 0 Å². The lowest BCUT2D eigenvalue weighted by molar-refractivity contribution is 0.388. The lowest BCUT2D eigenvalue weighted by Crippen LogP contribution is -2.35. The molecule has 0 bridgehead atoms. The van der Waals surface area contributed by atoms with Gasteiger partial charge in [-0.25, -0.2) is 17.2 Å². The SMILES string of the molecule is O=S(=O)(c1ccc(F)c(F)c1)N1CCc2c([nH]c3ccccc23)C1. The lowest BCUT2D eigenvalue weighted by Gasteiger charge is -2.26. The van der Waals surface area contributed by atoms with Gasteiger partial charge in [-0.1, -0.05) is 18.2 Å². The van der Waals surface area contributed by atoms with Gasteiger partial charge in [0.05, 0.1) is 11.4 Å². The Morgan fingerprint density at radius 1 is 1.04 bits per heavy atom. The lowest BCUT2D eigenvalue weighted by atomic mass is 10.1. The van der Waals surface area contributed by atoms with Crippen LogP contribution in [-0.2, 0) is 23.0 Å². The molecule has 0 fully saturated rings. The van der Waals surface area contributed by atoms with Crippen LogP contribution in [0.25, 0.3) is 10.9 Å². The maximum absolute atomic E-state index is 13.4. The number of nitrogens with one attached hydrogen (secondary N) is 1. The van der Waals surface area contributed by atoms with Gasteiger partial charge in [0.15, 0.2) is 11.6 Å². The van der Waals surface area contributed by atoms with Crippen LogP contribution in [0.2, 0.25) is 0 Å². The van der Waals surface area contributed by atoms with Crippen LogP contribution in [0.5, 0.6) is 0 Å². The molecule has 0 saturated heterocycles. The molecular formula is C17H14F2N2O2S. The molecule has 1 N–H and O–H groups in total. The molecule has 2 aromatic carbocycles. The molecule has 1 aliphatic heterocycles. The van der Waals surface area contributed by atoms with Crippen LogP contribution in [0.1, 0.15) is 11.3 Å². The predicted octanol–water partition coefficient (Wildman–Crippen LogP) is 3.19. The number of aromatic nitrogens is 1. The quantitative estimate of drug-likeness (QED) is 0.773. The highest BCUT2D eigenvalue weighted by Gasteiger charge is 2.30. The van der Waals surface area contributed by atoms with Gasteiger partial charge >= 0.3 is 0 Å². The minimum absolute atomic E-state index is 0.186. The summed E-state index contributed by atoms with van der Waals surface area (Å²) in [5.74, 6) is -2.23. The Morgan fingerprint density at radius 2 is 1.83 bits per heavy atom. The summed E-state index contributed by atoms with van der Waals surface area (Å²) >= 11 is 0. The van der Waals surface area contributed by atoms with Crippen LogP contribution in [-0.4, -0.2) is 24.3 Å². The van der Waals surface area contributed by atoms with Gasteiger partial charge in [0.2, 0.25) is 10.0 Å². The fourth-order valence-electron chi connectivity index (χ4n) is 3.16. The van der Waals surface area contributed by atoms with Crippen molar-refractivity contribution < 1.29 is 17.2 Å². The Bertz CT molecular complexity index is 1040. The normalized spacial score (nSPS) is 15.6. The van der Waals surface area contributed by atoms with E-state index < -0.39 is 21.7 Å². The first-order valence-electron chi connectivity index (χ1n) is 7.50. The van der Waals surface area contributed by atoms with Gasteiger partial charge in [0, 0.05) is 23.1 Å². The second kappa shape index (κ2) is 5.39. The maximum Gasteiger partial charge on any atom is 0.243 e. The maximum atomic E-state index is 13.4. The van der Waals surface area contributed by atoms with E-state index in [1.807, 2.05) is 24.3 Å². The van der Waals surface area contributed by atoms with Gasteiger partial charge in [0.25, 0.3) is 0 Å². The number of hydrogen-bond donors (Lipinski definition) is 1. The molecule has 4 rings (SSSR count). The van der Waals surface area contributed by atoms with Crippen molar-refractivity contribution in [3.05, 3.63) is 65.4 Å². The molecule has 0 saturated carbocycles. The number of nitrogens with zero attached hydrogens (tertiary/aromatic N) is 1. The van der Waals surface area contributed by atoms with E-state index in [2.05, 4.69) is 4.98 Å². The number of fused-ring (bicyclic) bond motifs is 3. The van der Waals surface area contributed by atoms with E-state index in [1.54, 1.807) is 0 Å². The van der Waals surface area contributed by atoms with Crippen molar-refractivity contribution in [2.75, 3.05) is 6.54 Å². The molecule has 4 nitrogen and oxygen atoms in total. The van der Waals surface area contributed by atoms with Crippen molar-refractivity contribution in [3.63, 3.8) is 0 Å². The Kier molecular flexibility index (Phi) is 3.43. The molecule has 0 unspecified atom stereocenters. The van der Waals surface area contributed by atoms with Crippen molar-refractivity contribution in [1.82, 2.24) is 9.29 Å². The van der Waals surface area contributed by atoms with Crippen LogP contribution < -0.4 is 0 Å². The zero-order valence-electron chi connectivity index (χ0n) is 12.6. The Balaban J connectivity index is 1.72. The fraction of sp³-hybridized carbons (Fsp3) is 0.176. The van der Waals surface area contributed by atoms with E-state index in [9.17, 15) is 17.2 Å². The average molecular weight is 348 g/mol. The Labute approximate surface area is 137 Å². The van der Waals surface area contributed by atoms with Crippen LogP contribution in [0.15, 0.2) is 47.4 Å². The summed E-state index contributed by atoms with van der Waals surface area (Å²) in [6, 6.07) is 10.5. The second-order valence-corrected chi connectivity index (χ2v) is 7.73. The van der Waals surface area contributed by atoms with E-state index in [0.29, 0.717) is 13.0 Å². The molecule has 0 amide bonds. The summed E-state index contributed by atoms with van der Waals surface area (Å²) in [7, 11) is -3.87. The molecule has 0 aliphatic carbocycles. The number of aromatic amines is 1. The third-order valence-electron chi connectivity index (χ3n) is 4.38. The second-order valence-electron chi connectivity index (χ2n) is 5.79. The van der Waals surface area contributed by atoms with Crippen LogP contribution in [0.4, 0.5) is 8.78 Å². The first-order chi connectivity index (χ1) is 11.5. The molecule has 0 atom stereocenters. The number of sulfonamides is 1. The largest absolute Gasteiger partial charge is 0.357 e. The van der Waals surface area contributed by atoms with Crippen molar-refractivity contribution in [3.8, 4) is 0 Å². The van der Waals surface area contributed by atoms with E-state index in [1.165, 1.54) is 4.31 Å². The van der Waals surface area contributed by atoms with Crippen molar-refractivity contribution >= 4 is 20.9 Å². The van der Waals surface area contributed by atoms with Gasteiger partial charge < -0.3 is 4.98 Å². The topological polar surface area (TPSA) is 53.2 Å².